The van der Waals surface area contributed by atoms with Crippen molar-refractivity contribution in [3.8, 4) is 5.75 Å². The summed E-state index contributed by atoms with van der Waals surface area (Å²) in [7, 11) is 0. The monoisotopic (exact) mass is 366 g/mol. The fraction of sp³-hybridized carbons (Fsp3) is 0.435. The Labute approximate surface area is 162 Å². The number of carbonyl (C=O) groups excluding carboxylic acids is 1. The highest BCUT2D eigenvalue weighted by Crippen LogP contribution is 2.32. The number of amides is 1. The van der Waals surface area contributed by atoms with Crippen LogP contribution in [0.2, 0.25) is 0 Å². The molecule has 1 amide bonds. The fourth-order valence-corrected chi connectivity index (χ4v) is 3.91. The van der Waals surface area contributed by atoms with Gasteiger partial charge in [0.2, 0.25) is 5.91 Å². The molecule has 2 aromatic carbocycles. The first-order chi connectivity index (χ1) is 13.1. The SMILES string of the molecule is CCOc1ccc(C2CCCN2CC(=O)Nc2c(C)cccc2CC)cc1. The molecule has 1 fully saturated rings. The van der Waals surface area contributed by atoms with Gasteiger partial charge >= 0.3 is 0 Å². The van der Waals surface area contributed by atoms with Gasteiger partial charge in [-0.25, -0.2) is 0 Å². The van der Waals surface area contributed by atoms with Crippen molar-refractivity contribution in [3.05, 3.63) is 59.2 Å². The van der Waals surface area contributed by atoms with E-state index >= 15 is 0 Å². The molecule has 0 bridgehead atoms. The number of para-hydroxylation sites is 1. The van der Waals surface area contributed by atoms with Gasteiger partial charge < -0.3 is 10.1 Å². The van der Waals surface area contributed by atoms with Crippen molar-refractivity contribution in [2.45, 2.75) is 46.1 Å². The zero-order chi connectivity index (χ0) is 19.2. The molecule has 1 saturated heterocycles. The van der Waals surface area contributed by atoms with Gasteiger partial charge in [-0.1, -0.05) is 37.3 Å². The number of hydrogen-bond acceptors (Lipinski definition) is 3. The van der Waals surface area contributed by atoms with Crippen LogP contribution >= 0.6 is 0 Å². The molecule has 0 aromatic heterocycles. The highest BCUT2D eigenvalue weighted by Gasteiger charge is 2.27. The van der Waals surface area contributed by atoms with Gasteiger partial charge in [0.1, 0.15) is 5.75 Å². The van der Waals surface area contributed by atoms with Crippen LogP contribution in [-0.4, -0.2) is 30.5 Å². The normalized spacial score (nSPS) is 17.1. The van der Waals surface area contributed by atoms with E-state index in [0.29, 0.717) is 19.2 Å². The fourth-order valence-electron chi connectivity index (χ4n) is 3.91. The molecule has 0 saturated carbocycles. The molecule has 1 N–H and O–H groups in total. The predicted molar refractivity (Wildman–Crippen MR) is 110 cm³/mol. The number of nitrogens with one attached hydrogen (secondary N) is 1. The number of nitrogens with zero attached hydrogens (tertiary/aromatic N) is 1. The molecule has 0 spiro atoms. The molecule has 3 rings (SSSR count). The first kappa shape index (κ1) is 19.4. The first-order valence-corrected chi connectivity index (χ1v) is 9.97. The van der Waals surface area contributed by atoms with Gasteiger partial charge in [-0.15, -0.1) is 0 Å². The van der Waals surface area contributed by atoms with E-state index in [-0.39, 0.29) is 5.91 Å². The summed E-state index contributed by atoms with van der Waals surface area (Å²) in [5, 5.41) is 3.15. The van der Waals surface area contributed by atoms with Crippen LogP contribution in [0.3, 0.4) is 0 Å². The lowest BCUT2D eigenvalue weighted by Crippen LogP contribution is -2.33. The van der Waals surface area contributed by atoms with E-state index in [0.717, 1.165) is 42.8 Å². The Morgan fingerprint density at radius 3 is 2.67 bits per heavy atom. The highest BCUT2D eigenvalue weighted by molar-refractivity contribution is 5.93. The van der Waals surface area contributed by atoms with Gasteiger partial charge in [-0.3, -0.25) is 9.69 Å². The van der Waals surface area contributed by atoms with Crippen LogP contribution in [0.25, 0.3) is 0 Å². The van der Waals surface area contributed by atoms with Gasteiger partial charge in [-0.2, -0.15) is 0 Å². The molecule has 1 aliphatic heterocycles. The highest BCUT2D eigenvalue weighted by atomic mass is 16.5. The van der Waals surface area contributed by atoms with Gasteiger partial charge in [-0.05, 0) is 68.5 Å². The van der Waals surface area contributed by atoms with E-state index in [9.17, 15) is 4.79 Å². The summed E-state index contributed by atoms with van der Waals surface area (Å²) < 4.78 is 5.54. The Balaban J connectivity index is 1.66. The summed E-state index contributed by atoms with van der Waals surface area (Å²) >= 11 is 0. The topological polar surface area (TPSA) is 41.6 Å². The predicted octanol–water partition coefficient (Wildman–Crippen LogP) is 4.73. The zero-order valence-corrected chi connectivity index (χ0v) is 16.6. The summed E-state index contributed by atoms with van der Waals surface area (Å²) in [5.41, 5.74) is 4.54. The zero-order valence-electron chi connectivity index (χ0n) is 16.6. The maximum absolute atomic E-state index is 12.7. The molecule has 0 radical (unpaired) electrons. The first-order valence-electron chi connectivity index (χ1n) is 9.97. The summed E-state index contributed by atoms with van der Waals surface area (Å²) in [6.45, 7) is 8.21. The molecule has 2 aromatic rings. The third-order valence-electron chi connectivity index (χ3n) is 5.29. The van der Waals surface area contributed by atoms with E-state index < -0.39 is 0 Å². The lowest BCUT2D eigenvalue weighted by molar-refractivity contribution is -0.117. The van der Waals surface area contributed by atoms with Crippen LogP contribution in [0.4, 0.5) is 5.69 Å². The third kappa shape index (κ3) is 4.69. The summed E-state index contributed by atoms with van der Waals surface area (Å²) in [6, 6.07) is 14.8. The largest absolute Gasteiger partial charge is 0.494 e. The quantitative estimate of drug-likeness (QED) is 0.770. The molecule has 1 heterocycles. The number of aryl methyl sites for hydroxylation is 2. The minimum absolute atomic E-state index is 0.0665. The van der Waals surface area contributed by atoms with Crippen molar-refractivity contribution in [2.24, 2.45) is 0 Å². The molecular formula is C23H30N2O2. The number of rotatable bonds is 7. The average molecular weight is 367 g/mol. The molecular weight excluding hydrogens is 336 g/mol. The van der Waals surface area contributed by atoms with E-state index in [4.69, 9.17) is 4.74 Å². The summed E-state index contributed by atoms with van der Waals surface area (Å²) in [5.74, 6) is 0.965. The van der Waals surface area contributed by atoms with E-state index in [2.05, 4.69) is 35.3 Å². The molecule has 1 atom stereocenters. The van der Waals surface area contributed by atoms with Crippen molar-refractivity contribution in [3.63, 3.8) is 0 Å². The maximum atomic E-state index is 12.7. The molecule has 0 aliphatic carbocycles. The van der Waals surface area contributed by atoms with Crippen molar-refractivity contribution < 1.29 is 9.53 Å². The van der Waals surface area contributed by atoms with Crippen LogP contribution in [-0.2, 0) is 11.2 Å². The second-order valence-electron chi connectivity index (χ2n) is 7.14. The molecule has 27 heavy (non-hydrogen) atoms. The number of likely N-dealkylation sites (tertiary alicyclic amines) is 1. The number of carbonyl (C=O) groups is 1. The maximum Gasteiger partial charge on any atom is 0.238 e. The third-order valence-corrected chi connectivity index (χ3v) is 5.29. The Morgan fingerprint density at radius 2 is 1.96 bits per heavy atom. The van der Waals surface area contributed by atoms with Gasteiger partial charge in [0.25, 0.3) is 0 Å². The number of anilines is 1. The smallest absolute Gasteiger partial charge is 0.238 e. The van der Waals surface area contributed by atoms with Crippen molar-refractivity contribution in [1.82, 2.24) is 4.90 Å². The number of ether oxygens (including phenoxy) is 1. The lowest BCUT2D eigenvalue weighted by Gasteiger charge is -2.25. The van der Waals surface area contributed by atoms with Crippen LogP contribution in [0, 0.1) is 6.92 Å². The minimum Gasteiger partial charge on any atom is -0.494 e. The number of hydrogen-bond donors (Lipinski definition) is 1. The lowest BCUT2D eigenvalue weighted by atomic mass is 10.0. The molecule has 144 valence electrons. The van der Waals surface area contributed by atoms with Crippen LogP contribution in [0.15, 0.2) is 42.5 Å². The Hall–Kier alpha value is -2.33. The molecule has 4 heteroatoms. The van der Waals surface area contributed by atoms with E-state index in [1.165, 1.54) is 11.1 Å². The van der Waals surface area contributed by atoms with Crippen LogP contribution in [0.1, 0.15) is 49.4 Å². The van der Waals surface area contributed by atoms with Gasteiger partial charge in [0.05, 0.1) is 13.2 Å². The summed E-state index contributed by atoms with van der Waals surface area (Å²) in [6.07, 6.45) is 3.12. The summed E-state index contributed by atoms with van der Waals surface area (Å²) in [4.78, 5) is 15.0. The van der Waals surface area contributed by atoms with Crippen LogP contribution < -0.4 is 10.1 Å². The van der Waals surface area contributed by atoms with Crippen molar-refractivity contribution in [2.75, 3.05) is 25.0 Å². The van der Waals surface area contributed by atoms with Gasteiger partial charge in [0.15, 0.2) is 0 Å². The molecule has 1 aliphatic rings. The Bertz CT molecular complexity index is 770. The Morgan fingerprint density at radius 1 is 1.19 bits per heavy atom. The van der Waals surface area contributed by atoms with Crippen LogP contribution in [0.5, 0.6) is 5.75 Å². The molecule has 4 nitrogen and oxygen atoms in total. The van der Waals surface area contributed by atoms with E-state index in [1.54, 1.807) is 0 Å². The molecule has 1 unspecified atom stereocenters. The minimum atomic E-state index is 0.0665. The van der Waals surface area contributed by atoms with Gasteiger partial charge in [0, 0.05) is 11.7 Å². The van der Waals surface area contributed by atoms with Crippen molar-refractivity contribution >= 4 is 11.6 Å². The number of benzene rings is 2. The second kappa shape index (κ2) is 9.05. The Kier molecular flexibility index (Phi) is 6.51. The van der Waals surface area contributed by atoms with E-state index in [1.807, 2.05) is 38.1 Å². The standard InChI is InChI=1S/C23H30N2O2/c1-4-18-9-6-8-17(3)23(18)24-22(26)16-25-15-7-10-21(25)19-11-13-20(14-12-19)27-5-2/h6,8-9,11-14,21H,4-5,7,10,15-16H2,1-3H3,(H,24,26). The second-order valence-corrected chi connectivity index (χ2v) is 7.14. The average Bonchev–Trinajstić information content (AvgIpc) is 3.12. The van der Waals surface area contributed by atoms with Crippen molar-refractivity contribution in [1.29, 1.82) is 0 Å².